The largest absolute Gasteiger partial charge is 0.392 e. The quantitative estimate of drug-likeness (QED) is 0.421. The Morgan fingerprint density at radius 2 is 1.92 bits per heavy atom. The van der Waals surface area contributed by atoms with E-state index in [4.69, 9.17) is 10.3 Å². The van der Waals surface area contributed by atoms with E-state index in [2.05, 4.69) is 25.8 Å². The average molecular weight is 175 g/mol. The minimum Gasteiger partial charge on any atom is -0.392 e. The van der Waals surface area contributed by atoms with E-state index in [0.29, 0.717) is 0 Å². The molecule has 3 nitrogen and oxygen atoms in total. The summed E-state index contributed by atoms with van der Waals surface area (Å²) in [5.41, 5.74) is 1.22. The van der Waals surface area contributed by atoms with Crippen LogP contribution in [0.5, 0.6) is 0 Å². The number of nitrogens with two attached hydrogens (primary N) is 1. The number of hydrogen-bond acceptors (Lipinski definition) is 3. The summed E-state index contributed by atoms with van der Waals surface area (Å²) in [4.78, 5) is 0. The summed E-state index contributed by atoms with van der Waals surface area (Å²) in [6, 6.07) is 0. The van der Waals surface area contributed by atoms with Crippen molar-refractivity contribution in [2.45, 2.75) is 39.5 Å². The predicted octanol–water partition coefficient (Wildman–Crippen LogP) is 1.84. The van der Waals surface area contributed by atoms with Gasteiger partial charge in [-0.15, -0.1) is 0 Å². The van der Waals surface area contributed by atoms with Crippen molar-refractivity contribution < 1.29 is 10.3 Å². The van der Waals surface area contributed by atoms with Gasteiger partial charge in [0.25, 0.3) is 0 Å². The molecule has 0 aromatic heterocycles. The van der Waals surface area contributed by atoms with E-state index in [0.717, 1.165) is 6.42 Å². The third-order valence-electron chi connectivity index (χ3n) is 1.34. The Hall–Kier alpha value is -0.380. The zero-order chi connectivity index (χ0) is 9.82. The molecule has 12 heavy (non-hydrogen) atoms. The van der Waals surface area contributed by atoms with Gasteiger partial charge in [-0.25, -0.2) is 5.90 Å². The van der Waals surface area contributed by atoms with E-state index in [-0.39, 0.29) is 6.61 Å². The van der Waals surface area contributed by atoms with Crippen molar-refractivity contribution in [3.63, 3.8) is 0 Å². The van der Waals surface area contributed by atoms with Gasteiger partial charge in [0.05, 0.1) is 6.61 Å². The van der Waals surface area contributed by atoms with Crippen molar-refractivity contribution in [1.29, 1.82) is 0 Å². The van der Waals surface area contributed by atoms with Crippen LogP contribution in [0.25, 0.3) is 0 Å². The van der Waals surface area contributed by atoms with E-state index in [1.807, 2.05) is 0 Å². The third-order valence-corrected chi connectivity index (χ3v) is 1.34. The van der Waals surface area contributed by atoms with Crippen molar-refractivity contribution >= 4 is 0 Å². The van der Waals surface area contributed by atoms with Crippen molar-refractivity contribution in [1.82, 2.24) is 0 Å². The molecule has 0 bridgehead atoms. The highest BCUT2D eigenvalue weighted by atomic mass is 16.4. The van der Waals surface area contributed by atoms with E-state index in [1.165, 1.54) is 24.8 Å². The first-order chi connectivity index (χ1) is 5.85. The number of rotatable bonds is 1. The second-order valence-corrected chi connectivity index (χ2v) is 2.62. The van der Waals surface area contributed by atoms with Gasteiger partial charge in [0.2, 0.25) is 0 Å². The minimum absolute atomic E-state index is 0.278. The van der Waals surface area contributed by atoms with Crippen LogP contribution in [-0.2, 0) is 0 Å². The fourth-order valence-corrected chi connectivity index (χ4v) is 0.881. The second-order valence-electron chi connectivity index (χ2n) is 2.62. The lowest BCUT2D eigenvalue weighted by Crippen LogP contribution is -1.82. The first kappa shape index (κ1) is 14.2. The maximum absolute atomic E-state index is 8.50. The molecule has 0 atom stereocenters. The molecule has 0 spiro atoms. The van der Waals surface area contributed by atoms with Crippen molar-refractivity contribution in [3.8, 4) is 0 Å². The first-order valence-electron chi connectivity index (χ1n) is 4.39. The number of hydrogen-bond donors (Lipinski definition) is 3. The fourth-order valence-electron chi connectivity index (χ4n) is 0.881. The summed E-state index contributed by atoms with van der Waals surface area (Å²) in [6.45, 7) is 4.53. The van der Waals surface area contributed by atoms with Crippen LogP contribution in [0.3, 0.4) is 0 Å². The summed E-state index contributed by atoms with van der Waals surface area (Å²) in [6.07, 6.45) is 6.92. The highest BCUT2D eigenvalue weighted by molar-refractivity contribution is 5.06. The lowest BCUT2D eigenvalue weighted by molar-refractivity contribution is 0.311. The molecule has 0 amide bonds. The Balaban J connectivity index is 0. The molecule has 1 rings (SSSR count). The van der Waals surface area contributed by atoms with Crippen LogP contribution in [-0.4, -0.2) is 16.9 Å². The van der Waals surface area contributed by atoms with E-state index in [1.54, 1.807) is 0 Å². The van der Waals surface area contributed by atoms with Crippen LogP contribution in [0, 0.1) is 0 Å². The second kappa shape index (κ2) is 13.2. The van der Waals surface area contributed by atoms with Gasteiger partial charge in [0.15, 0.2) is 0 Å². The Morgan fingerprint density at radius 1 is 1.42 bits per heavy atom. The van der Waals surface area contributed by atoms with Crippen LogP contribution in [0.15, 0.2) is 11.6 Å². The third kappa shape index (κ3) is 9.62. The Kier molecular flexibility index (Phi) is 15.6. The smallest absolute Gasteiger partial charge is 0.0641 e. The molecule has 0 aromatic carbocycles. The molecule has 3 heteroatoms. The summed E-state index contributed by atoms with van der Waals surface area (Å²) in [5, 5.41) is 15.0. The van der Waals surface area contributed by atoms with E-state index >= 15 is 0 Å². The Bertz CT molecular complexity index is 103. The van der Waals surface area contributed by atoms with Crippen LogP contribution in [0.1, 0.15) is 39.5 Å². The molecule has 74 valence electrons. The lowest BCUT2D eigenvalue weighted by atomic mass is 10.2. The molecule has 0 aliphatic heterocycles. The lowest BCUT2D eigenvalue weighted by Gasteiger charge is -1.88. The molecule has 0 saturated heterocycles. The molecular formula is C9H21NO2. The Labute approximate surface area is 74.9 Å². The van der Waals surface area contributed by atoms with Gasteiger partial charge in [-0.1, -0.05) is 26.3 Å². The van der Waals surface area contributed by atoms with Crippen molar-refractivity contribution in [2.75, 3.05) is 6.61 Å². The maximum Gasteiger partial charge on any atom is 0.0641 e. The summed E-state index contributed by atoms with van der Waals surface area (Å²) < 4.78 is 0. The van der Waals surface area contributed by atoms with Crippen molar-refractivity contribution in [3.05, 3.63) is 11.6 Å². The first-order valence-corrected chi connectivity index (χ1v) is 4.39. The molecule has 0 saturated carbocycles. The molecule has 0 fully saturated rings. The average Bonchev–Trinajstić information content (AvgIpc) is 2.61. The fraction of sp³-hybridized carbons (Fsp3) is 0.778. The summed E-state index contributed by atoms with van der Waals surface area (Å²) >= 11 is 0. The molecule has 1 aliphatic rings. The number of aliphatic hydroxyl groups is 1. The van der Waals surface area contributed by atoms with Gasteiger partial charge < -0.3 is 10.3 Å². The van der Waals surface area contributed by atoms with Gasteiger partial charge >= 0.3 is 0 Å². The Morgan fingerprint density at radius 3 is 2.08 bits per heavy atom. The molecular weight excluding hydrogens is 154 g/mol. The summed E-state index contributed by atoms with van der Waals surface area (Å²) in [7, 11) is 0. The monoisotopic (exact) mass is 175 g/mol. The molecule has 4 N–H and O–H groups in total. The van der Waals surface area contributed by atoms with Crippen LogP contribution < -0.4 is 5.90 Å². The van der Waals surface area contributed by atoms with Crippen molar-refractivity contribution in [2.24, 2.45) is 5.90 Å². The van der Waals surface area contributed by atoms with Crippen LogP contribution in [0.2, 0.25) is 0 Å². The standard InChI is InChI=1S/C6H10O.C3H8.H3NO/c7-5-6-3-1-2-4-6;1-3-2;1-2/h3,7H,1-2,4-5H2;3H2,1-2H3;2H,1H2. The number of allylic oxidation sites excluding steroid dienone is 1. The highest BCUT2D eigenvalue weighted by Crippen LogP contribution is 2.15. The molecule has 0 radical (unpaired) electrons. The topological polar surface area (TPSA) is 66.5 Å². The molecule has 0 aromatic rings. The maximum atomic E-state index is 8.50. The van der Waals surface area contributed by atoms with Gasteiger partial charge in [-0.2, -0.15) is 0 Å². The zero-order valence-electron chi connectivity index (χ0n) is 8.08. The minimum atomic E-state index is 0.278. The highest BCUT2D eigenvalue weighted by Gasteiger charge is 2.00. The van der Waals surface area contributed by atoms with Gasteiger partial charge in [0.1, 0.15) is 0 Å². The van der Waals surface area contributed by atoms with Gasteiger partial charge in [-0.05, 0) is 24.8 Å². The molecule has 0 unspecified atom stereocenters. The van der Waals surface area contributed by atoms with Gasteiger partial charge in [-0.3, -0.25) is 0 Å². The normalized spacial score (nSPS) is 13.6. The SMILES string of the molecule is CCC.NO.OCC1=CCCC1. The summed E-state index contributed by atoms with van der Waals surface area (Å²) in [5.74, 6) is 3.50. The van der Waals surface area contributed by atoms with Crippen LogP contribution in [0.4, 0.5) is 0 Å². The zero-order valence-corrected chi connectivity index (χ0v) is 8.08. The molecule has 1 aliphatic carbocycles. The number of aliphatic hydroxyl groups excluding tert-OH is 1. The predicted molar refractivity (Wildman–Crippen MR) is 51.0 cm³/mol. The molecule has 0 heterocycles. The van der Waals surface area contributed by atoms with Gasteiger partial charge in [0, 0.05) is 0 Å². The van der Waals surface area contributed by atoms with E-state index < -0.39 is 0 Å². The van der Waals surface area contributed by atoms with E-state index in [9.17, 15) is 0 Å². The van der Waals surface area contributed by atoms with Crippen LogP contribution >= 0.6 is 0 Å².